The van der Waals surface area contributed by atoms with Gasteiger partial charge in [0.15, 0.2) is 5.78 Å². The highest BCUT2D eigenvalue weighted by Gasteiger charge is 2.26. The molecule has 124 valence electrons. The van der Waals surface area contributed by atoms with E-state index in [1.807, 2.05) is 43.3 Å². The molecule has 2 aromatic rings. The summed E-state index contributed by atoms with van der Waals surface area (Å²) in [6.07, 6.45) is 2.83. The van der Waals surface area contributed by atoms with Gasteiger partial charge in [0, 0.05) is 30.6 Å². The van der Waals surface area contributed by atoms with Gasteiger partial charge in [-0.2, -0.15) is 0 Å². The minimum absolute atomic E-state index is 0.0169. The molecule has 0 spiro atoms. The number of nitrogens with zero attached hydrogens (tertiary/aromatic N) is 1. The van der Waals surface area contributed by atoms with Crippen LogP contribution in [0.25, 0.3) is 0 Å². The third-order valence-corrected chi connectivity index (χ3v) is 4.54. The van der Waals surface area contributed by atoms with Crippen LogP contribution in [0.2, 0.25) is 0 Å². The van der Waals surface area contributed by atoms with E-state index in [1.54, 1.807) is 13.1 Å². The molecular formula is C20H22N2O2. The van der Waals surface area contributed by atoms with Crippen LogP contribution in [0.4, 0.5) is 0 Å². The molecule has 4 heteroatoms. The summed E-state index contributed by atoms with van der Waals surface area (Å²) in [5.74, 6) is 0.372. The molecule has 0 bridgehead atoms. The van der Waals surface area contributed by atoms with Crippen molar-refractivity contribution in [1.82, 2.24) is 10.3 Å². The highest BCUT2D eigenvalue weighted by atomic mass is 16.1. The maximum atomic E-state index is 12.5. The van der Waals surface area contributed by atoms with E-state index in [-0.39, 0.29) is 17.6 Å². The number of pyridine rings is 1. The number of hydrogen-bond donors (Lipinski definition) is 1. The SMILES string of the molecule is CNC(=O)c1cc(C(=O)CC2CC2)cc(C(C)c2ccccc2)n1. The van der Waals surface area contributed by atoms with Crippen molar-refractivity contribution in [1.29, 1.82) is 0 Å². The van der Waals surface area contributed by atoms with E-state index in [9.17, 15) is 9.59 Å². The van der Waals surface area contributed by atoms with Crippen molar-refractivity contribution < 1.29 is 9.59 Å². The first kappa shape index (κ1) is 16.4. The average molecular weight is 322 g/mol. The van der Waals surface area contributed by atoms with E-state index >= 15 is 0 Å². The average Bonchev–Trinajstić information content (AvgIpc) is 3.44. The van der Waals surface area contributed by atoms with Crippen molar-refractivity contribution in [3.63, 3.8) is 0 Å². The first-order valence-corrected chi connectivity index (χ1v) is 8.40. The molecular weight excluding hydrogens is 300 g/mol. The van der Waals surface area contributed by atoms with Gasteiger partial charge in [-0.25, -0.2) is 4.98 Å². The van der Waals surface area contributed by atoms with E-state index in [1.165, 1.54) is 0 Å². The number of ketones is 1. The first-order chi connectivity index (χ1) is 11.6. The normalized spacial score (nSPS) is 14.9. The van der Waals surface area contributed by atoms with Crippen molar-refractivity contribution >= 4 is 11.7 Å². The zero-order valence-electron chi connectivity index (χ0n) is 14.1. The predicted molar refractivity (Wildman–Crippen MR) is 93.3 cm³/mol. The number of carbonyl (C=O) groups is 2. The molecule has 1 aromatic carbocycles. The summed E-state index contributed by atoms with van der Waals surface area (Å²) in [4.78, 5) is 29.1. The highest BCUT2D eigenvalue weighted by molar-refractivity contribution is 6.00. The molecule has 0 radical (unpaired) electrons. The minimum Gasteiger partial charge on any atom is -0.354 e. The topological polar surface area (TPSA) is 59.1 Å². The molecule has 1 amide bonds. The Morgan fingerprint density at radius 2 is 1.92 bits per heavy atom. The Labute approximate surface area is 142 Å². The van der Waals surface area contributed by atoms with Gasteiger partial charge in [0.1, 0.15) is 5.69 Å². The maximum absolute atomic E-state index is 12.5. The number of hydrogen-bond acceptors (Lipinski definition) is 3. The Morgan fingerprint density at radius 1 is 1.21 bits per heavy atom. The number of nitrogens with one attached hydrogen (secondary N) is 1. The summed E-state index contributed by atoms with van der Waals surface area (Å²) in [7, 11) is 1.57. The molecule has 1 aliphatic carbocycles. The molecule has 1 N–H and O–H groups in total. The second-order valence-electron chi connectivity index (χ2n) is 6.45. The van der Waals surface area contributed by atoms with Gasteiger partial charge >= 0.3 is 0 Å². The molecule has 1 unspecified atom stereocenters. The fraction of sp³-hybridized carbons (Fsp3) is 0.350. The molecule has 1 saturated carbocycles. The van der Waals surface area contributed by atoms with Crippen LogP contribution in [0.15, 0.2) is 42.5 Å². The Hall–Kier alpha value is -2.49. The third kappa shape index (κ3) is 3.70. The van der Waals surface area contributed by atoms with Gasteiger partial charge in [0.05, 0.1) is 0 Å². The third-order valence-electron chi connectivity index (χ3n) is 4.54. The molecule has 3 rings (SSSR count). The molecule has 1 aliphatic rings. The van der Waals surface area contributed by atoms with E-state index in [0.29, 0.717) is 23.6 Å². The largest absolute Gasteiger partial charge is 0.354 e. The van der Waals surface area contributed by atoms with E-state index in [4.69, 9.17) is 0 Å². The van der Waals surface area contributed by atoms with Crippen LogP contribution >= 0.6 is 0 Å². The Kier molecular flexibility index (Phi) is 4.74. The lowest BCUT2D eigenvalue weighted by Crippen LogP contribution is -2.21. The molecule has 0 saturated heterocycles. The van der Waals surface area contributed by atoms with Gasteiger partial charge in [0.25, 0.3) is 5.91 Å². The highest BCUT2D eigenvalue weighted by Crippen LogP contribution is 2.34. The minimum atomic E-state index is -0.266. The molecule has 24 heavy (non-hydrogen) atoms. The summed E-state index contributed by atoms with van der Waals surface area (Å²) in [6, 6.07) is 13.4. The fourth-order valence-electron chi connectivity index (χ4n) is 2.79. The summed E-state index contributed by atoms with van der Waals surface area (Å²) in [6.45, 7) is 2.04. The van der Waals surface area contributed by atoms with Crippen molar-refractivity contribution in [3.8, 4) is 0 Å². The number of aromatic nitrogens is 1. The Balaban J connectivity index is 1.97. The number of Topliss-reactive ketones (excluding diaryl/α,β-unsaturated/α-hetero) is 1. The standard InChI is InChI=1S/C20H22N2O2/c1-13(15-6-4-3-5-7-15)17-11-16(19(23)10-14-8-9-14)12-18(22-17)20(24)21-2/h3-7,11-14H,8-10H2,1-2H3,(H,21,24). The predicted octanol–water partition coefficient (Wildman–Crippen LogP) is 3.58. The van der Waals surface area contributed by atoms with Crippen molar-refractivity contribution in [3.05, 3.63) is 65.0 Å². The number of benzene rings is 1. The maximum Gasteiger partial charge on any atom is 0.269 e. The second kappa shape index (κ2) is 6.95. The fourth-order valence-corrected chi connectivity index (χ4v) is 2.79. The van der Waals surface area contributed by atoms with Crippen LogP contribution in [0, 0.1) is 5.92 Å². The lowest BCUT2D eigenvalue weighted by atomic mass is 9.94. The Morgan fingerprint density at radius 3 is 2.54 bits per heavy atom. The molecule has 0 aliphatic heterocycles. The summed E-state index contributed by atoms with van der Waals surface area (Å²) in [5, 5.41) is 2.59. The zero-order chi connectivity index (χ0) is 17.1. The summed E-state index contributed by atoms with van der Waals surface area (Å²) >= 11 is 0. The van der Waals surface area contributed by atoms with Crippen LogP contribution < -0.4 is 5.32 Å². The lowest BCUT2D eigenvalue weighted by Gasteiger charge is -2.14. The van der Waals surface area contributed by atoms with Crippen LogP contribution in [-0.4, -0.2) is 23.7 Å². The monoisotopic (exact) mass is 322 g/mol. The Bertz CT molecular complexity index is 751. The first-order valence-electron chi connectivity index (χ1n) is 8.40. The molecule has 1 heterocycles. The summed E-state index contributed by atoms with van der Waals surface area (Å²) in [5.41, 5.74) is 2.76. The quantitative estimate of drug-likeness (QED) is 0.827. The van der Waals surface area contributed by atoms with E-state index < -0.39 is 0 Å². The molecule has 4 nitrogen and oxygen atoms in total. The molecule has 1 atom stereocenters. The van der Waals surface area contributed by atoms with Gasteiger partial charge in [-0.15, -0.1) is 0 Å². The van der Waals surface area contributed by atoms with Crippen molar-refractivity contribution in [2.45, 2.75) is 32.1 Å². The molecule has 1 fully saturated rings. The number of amides is 1. The van der Waals surface area contributed by atoms with Gasteiger partial charge < -0.3 is 5.32 Å². The summed E-state index contributed by atoms with van der Waals surface area (Å²) < 4.78 is 0. The van der Waals surface area contributed by atoms with E-state index in [0.717, 1.165) is 24.1 Å². The zero-order valence-corrected chi connectivity index (χ0v) is 14.1. The van der Waals surface area contributed by atoms with Crippen molar-refractivity contribution in [2.75, 3.05) is 7.05 Å². The van der Waals surface area contributed by atoms with Gasteiger partial charge in [-0.3, -0.25) is 9.59 Å². The number of rotatable bonds is 6. The van der Waals surface area contributed by atoms with Gasteiger partial charge in [-0.1, -0.05) is 37.3 Å². The smallest absolute Gasteiger partial charge is 0.269 e. The van der Waals surface area contributed by atoms with Gasteiger partial charge in [-0.05, 0) is 36.5 Å². The van der Waals surface area contributed by atoms with Crippen LogP contribution in [0.3, 0.4) is 0 Å². The lowest BCUT2D eigenvalue weighted by molar-refractivity contribution is 0.0958. The second-order valence-corrected chi connectivity index (χ2v) is 6.45. The molecule has 1 aromatic heterocycles. The van der Waals surface area contributed by atoms with Crippen LogP contribution in [0.5, 0.6) is 0 Å². The van der Waals surface area contributed by atoms with Gasteiger partial charge in [0.2, 0.25) is 0 Å². The van der Waals surface area contributed by atoms with Crippen molar-refractivity contribution in [2.24, 2.45) is 5.92 Å². The van der Waals surface area contributed by atoms with E-state index in [2.05, 4.69) is 10.3 Å². The van der Waals surface area contributed by atoms with Crippen LogP contribution in [-0.2, 0) is 0 Å². The number of carbonyl (C=O) groups excluding carboxylic acids is 2. The van der Waals surface area contributed by atoms with Crippen LogP contribution in [0.1, 0.15) is 64.2 Å².